The van der Waals surface area contributed by atoms with Gasteiger partial charge in [0, 0.05) is 30.4 Å². The summed E-state index contributed by atoms with van der Waals surface area (Å²) in [6, 6.07) is 11.8. The van der Waals surface area contributed by atoms with E-state index in [2.05, 4.69) is 20.3 Å². The average Bonchev–Trinajstić information content (AvgIpc) is 3.23. The van der Waals surface area contributed by atoms with Crippen LogP contribution in [0.25, 0.3) is 27.9 Å². The van der Waals surface area contributed by atoms with Crippen LogP contribution in [0.1, 0.15) is 5.69 Å². The maximum atomic E-state index is 6.44. The van der Waals surface area contributed by atoms with Crippen LogP contribution in [0.2, 0.25) is 5.02 Å². The van der Waals surface area contributed by atoms with Crippen molar-refractivity contribution >= 4 is 39.9 Å². The Bertz CT molecular complexity index is 1330. The van der Waals surface area contributed by atoms with Crippen LogP contribution >= 0.6 is 23.4 Å². The Kier molecular flexibility index (Phi) is 4.03. The van der Waals surface area contributed by atoms with Crippen molar-refractivity contribution in [1.82, 2.24) is 34.3 Å². The van der Waals surface area contributed by atoms with Crippen LogP contribution in [0.15, 0.2) is 59.0 Å². The van der Waals surface area contributed by atoms with Gasteiger partial charge in [0.25, 0.3) is 0 Å². The first kappa shape index (κ1) is 17.2. The quantitative estimate of drug-likeness (QED) is 0.417. The number of hydrogen-bond donors (Lipinski definition) is 0. The van der Waals surface area contributed by atoms with Crippen molar-refractivity contribution in [3.05, 3.63) is 59.5 Å². The van der Waals surface area contributed by atoms with E-state index in [9.17, 15) is 0 Å². The first-order valence-corrected chi connectivity index (χ1v) is 9.74. The lowest BCUT2D eigenvalue weighted by atomic mass is 10.2. The molecule has 5 rings (SSSR count). The van der Waals surface area contributed by atoms with Gasteiger partial charge in [0.15, 0.2) is 16.6 Å². The van der Waals surface area contributed by atoms with Crippen molar-refractivity contribution in [3.63, 3.8) is 0 Å². The van der Waals surface area contributed by atoms with Gasteiger partial charge in [-0.15, -0.1) is 10.2 Å². The molecule has 4 aromatic heterocycles. The molecular formula is C19H14ClN7S. The zero-order valence-electron chi connectivity index (χ0n) is 15.0. The standard InChI is InChI=1S/C19H14ClN7S/c1-11-15(20)17-22-18(13-5-3-4-6-14(13)27(17)25-11)28-19-24-23-16(26(19)2)12-7-9-21-10-8-12/h3-10H,1-2H3. The minimum Gasteiger partial charge on any atom is -0.305 e. The molecule has 1 aromatic carbocycles. The van der Waals surface area contributed by atoms with E-state index < -0.39 is 0 Å². The molecule has 7 nitrogen and oxygen atoms in total. The Balaban J connectivity index is 1.66. The van der Waals surface area contributed by atoms with Crippen molar-refractivity contribution in [2.24, 2.45) is 7.05 Å². The summed E-state index contributed by atoms with van der Waals surface area (Å²) in [6.07, 6.45) is 3.48. The van der Waals surface area contributed by atoms with Gasteiger partial charge in [0.05, 0.1) is 11.2 Å². The molecule has 0 bridgehead atoms. The Morgan fingerprint density at radius 2 is 1.82 bits per heavy atom. The molecule has 28 heavy (non-hydrogen) atoms. The lowest BCUT2D eigenvalue weighted by Crippen LogP contribution is -1.98. The molecule has 0 saturated heterocycles. The zero-order chi connectivity index (χ0) is 19.3. The molecule has 0 atom stereocenters. The van der Waals surface area contributed by atoms with Gasteiger partial charge in [-0.2, -0.15) is 5.10 Å². The van der Waals surface area contributed by atoms with Crippen LogP contribution in [0.3, 0.4) is 0 Å². The van der Waals surface area contributed by atoms with Gasteiger partial charge in [0.2, 0.25) is 0 Å². The first-order valence-electron chi connectivity index (χ1n) is 8.54. The smallest absolute Gasteiger partial charge is 0.197 e. The van der Waals surface area contributed by atoms with E-state index in [1.807, 2.05) is 54.9 Å². The molecule has 4 heterocycles. The van der Waals surface area contributed by atoms with Crippen molar-refractivity contribution in [1.29, 1.82) is 0 Å². The fraction of sp³-hybridized carbons (Fsp3) is 0.105. The molecule has 0 unspecified atom stereocenters. The molecule has 0 radical (unpaired) electrons. The van der Waals surface area contributed by atoms with E-state index in [1.54, 1.807) is 16.9 Å². The van der Waals surface area contributed by atoms with E-state index >= 15 is 0 Å². The molecule has 9 heteroatoms. The Labute approximate surface area is 169 Å². The van der Waals surface area contributed by atoms with E-state index in [0.29, 0.717) is 10.7 Å². The maximum absolute atomic E-state index is 6.44. The SMILES string of the molecule is Cc1nn2c(nc(Sc3nnc(-c4ccncc4)n3C)c3ccccc32)c1Cl. The molecule has 0 amide bonds. The van der Waals surface area contributed by atoms with E-state index in [4.69, 9.17) is 16.6 Å². The van der Waals surface area contributed by atoms with Gasteiger partial charge in [0.1, 0.15) is 10.0 Å². The first-order chi connectivity index (χ1) is 13.6. The third-order valence-electron chi connectivity index (χ3n) is 4.50. The van der Waals surface area contributed by atoms with Crippen molar-refractivity contribution in [2.75, 3.05) is 0 Å². The van der Waals surface area contributed by atoms with Crippen molar-refractivity contribution in [3.8, 4) is 11.4 Å². The molecule has 0 fully saturated rings. The Hall–Kier alpha value is -2.97. The van der Waals surface area contributed by atoms with Crippen LogP contribution in [-0.4, -0.2) is 34.3 Å². The molecule has 138 valence electrons. The molecule has 0 spiro atoms. The van der Waals surface area contributed by atoms with Crippen LogP contribution in [0.4, 0.5) is 0 Å². The van der Waals surface area contributed by atoms with Gasteiger partial charge in [-0.3, -0.25) is 4.98 Å². The highest BCUT2D eigenvalue weighted by Gasteiger charge is 2.18. The number of aromatic nitrogens is 7. The third kappa shape index (κ3) is 2.64. The second kappa shape index (κ2) is 6.57. The highest BCUT2D eigenvalue weighted by molar-refractivity contribution is 7.99. The molecule has 0 aliphatic rings. The summed E-state index contributed by atoms with van der Waals surface area (Å²) < 4.78 is 3.74. The zero-order valence-corrected chi connectivity index (χ0v) is 16.6. The number of nitrogens with zero attached hydrogens (tertiary/aromatic N) is 7. The van der Waals surface area contributed by atoms with Crippen molar-refractivity contribution < 1.29 is 0 Å². The Morgan fingerprint density at radius 3 is 2.64 bits per heavy atom. The molecular weight excluding hydrogens is 394 g/mol. The van der Waals surface area contributed by atoms with E-state index in [1.165, 1.54) is 11.8 Å². The number of pyridine rings is 1. The van der Waals surface area contributed by atoms with Crippen LogP contribution in [-0.2, 0) is 7.05 Å². The molecule has 0 aliphatic heterocycles. The minimum atomic E-state index is 0.558. The van der Waals surface area contributed by atoms with E-state index in [0.717, 1.165) is 38.2 Å². The average molecular weight is 408 g/mol. The number of para-hydroxylation sites is 1. The van der Waals surface area contributed by atoms with Gasteiger partial charge in [-0.1, -0.05) is 29.8 Å². The fourth-order valence-electron chi connectivity index (χ4n) is 3.08. The maximum Gasteiger partial charge on any atom is 0.197 e. The topological polar surface area (TPSA) is 73.8 Å². The van der Waals surface area contributed by atoms with E-state index in [-0.39, 0.29) is 0 Å². The number of fused-ring (bicyclic) bond motifs is 3. The third-order valence-corrected chi connectivity index (χ3v) is 5.98. The van der Waals surface area contributed by atoms with Crippen molar-refractivity contribution in [2.45, 2.75) is 17.1 Å². The largest absolute Gasteiger partial charge is 0.305 e. The number of benzene rings is 1. The minimum absolute atomic E-state index is 0.558. The number of aryl methyl sites for hydroxylation is 1. The van der Waals surface area contributed by atoms with Gasteiger partial charge >= 0.3 is 0 Å². The summed E-state index contributed by atoms with van der Waals surface area (Å²) in [6.45, 7) is 1.88. The summed E-state index contributed by atoms with van der Waals surface area (Å²) >= 11 is 7.89. The highest BCUT2D eigenvalue weighted by atomic mass is 35.5. The predicted molar refractivity (Wildman–Crippen MR) is 109 cm³/mol. The second-order valence-corrected chi connectivity index (χ2v) is 7.61. The molecule has 0 saturated carbocycles. The highest BCUT2D eigenvalue weighted by Crippen LogP contribution is 2.34. The van der Waals surface area contributed by atoms with Crippen LogP contribution < -0.4 is 0 Å². The van der Waals surface area contributed by atoms with Gasteiger partial charge < -0.3 is 4.57 Å². The van der Waals surface area contributed by atoms with Gasteiger partial charge in [-0.05, 0) is 36.9 Å². The number of rotatable bonds is 3. The lowest BCUT2D eigenvalue weighted by Gasteiger charge is -2.08. The summed E-state index contributed by atoms with van der Waals surface area (Å²) in [7, 11) is 1.94. The summed E-state index contributed by atoms with van der Waals surface area (Å²) in [4.78, 5) is 8.84. The molecule has 5 aromatic rings. The lowest BCUT2D eigenvalue weighted by molar-refractivity contribution is 0.792. The van der Waals surface area contributed by atoms with Gasteiger partial charge in [-0.25, -0.2) is 9.50 Å². The monoisotopic (exact) mass is 407 g/mol. The normalized spacial score (nSPS) is 11.5. The number of hydrogen-bond acceptors (Lipinski definition) is 6. The molecule has 0 N–H and O–H groups in total. The molecule has 0 aliphatic carbocycles. The van der Waals surface area contributed by atoms with Crippen LogP contribution in [0.5, 0.6) is 0 Å². The summed E-state index contributed by atoms with van der Waals surface area (Å²) in [5, 5.41) is 16.3. The Morgan fingerprint density at radius 1 is 1.04 bits per heavy atom. The summed E-state index contributed by atoms with van der Waals surface area (Å²) in [5.41, 5.74) is 3.29. The summed E-state index contributed by atoms with van der Waals surface area (Å²) in [5.74, 6) is 0.772. The fourth-order valence-corrected chi connectivity index (χ4v) is 4.13. The predicted octanol–water partition coefficient (Wildman–Crippen LogP) is 4.19. The second-order valence-electron chi connectivity index (χ2n) is 6.27. The number of halogens is 1. The van der Waals surface area contributed by atoms with Crippen LogP contribution in [0, 0.1) is 6.92 Å².